The van der Waals surface area contributed by atoms with Crippen molar-refractivity contribution in [3.63, 3.8) is 0 Å². The molecule has 0 amide bonds. The van der Waals surface area contributed by atoms with Crippen LogP contribution in [-0.4, -0.2) is 36.9 Å². The van der Waals surface area contributed by atoms with Crippen LogP contribution in [0.3, 0.4) is 0 Å². The predicted octanol–water partition coefficient (Wildman–Crippen LogP) is -0.851. The van der Waals surface area contributed by atoms with Crippen LogP contribution in [0, 0.1) is 0 Å². The summed E-state index contributed by atoms with van der Waals surface area (Å²) in [4.78, 5) is 30.2. The summed E-state index contributed by atoms with van der Waals surface area (Å²) in [5, 5.41) is 10.3. The van der Waals surface area contributed by atoms with E-state index < -0.39 is 17.4 Å². The summed E-state index contributed by atoms with van der Waals surface area (Å²) >= 11 is 0. The zero-order valence-corrected chi connectivity index (χ0v) is 13.5. The van der Waals surface area contributed by atoms with Crippen LogP contribution in [0.15, 0.2) is 39.9 Å². The third-order valence-electron chi connectivity index (χ3n) is 3.72. The maximum atomic E-state index is 12.2. The largest absolute Gasteiger partial charge is 0.491 e. The van der Waals surface area contributed by atoms with E-state index in [1.165, 1.54) is 16.2 Å². The number of benzene rings is 1. The molecule has 132 valence electrons. The highest BCUT2D eigenvalue weighted by molar-refractivity contribution is 5.74. The first-order chi connectivity index (χ1) is 12.0. The molecule has 0 spiro atoms. The summed E-state index contributed by atoms with van der Waals surface area (Å²) in [5.74, 6) is 6.22. The second-order valence-corrected chi connectivity index (χ2v) is 5.46. The van der Waals surface area contributed by atoms with Crippen molar-refractivity contribution >= 4 is 17.1 Å². The standard InChI is InChI=1S/C15H18N6O4/c1-20-12-11(13(23)18-15(20)24)21(14(17-12)19-16)7-9(22)8-25-10-5-3-2-4-6-10/h2-6,9,22H,7-8,16H2,1H3,(H,17,19)(H,18,23,24)/t9-/m0/s1. The number of aryl methyl sites for hydroxylation is 1. The van der Waals surface area contributed by atoms with Crippen molar-refractivity contribution in [2.75, 3.05) is 12.0 Å². The van der Waals surface area contributed by atoms with Crippen molar-refractivity contribution in [3.05, 3.63) is 51.2 Å². The molecule has 5 N–H and O–H groups in total. The molecule has 10 nitrogen and oxygen atoms in total. The van der Waals surface area contributed by atoms with Gasteiger partial charge in [0.15, 0.2) is 11.2 Å². The van der Waals surface area contributed by atoms with Gasteiger partial charge in [-0.3, -0.25) is 19.8 Å². The minimum atomic E-state index is -0.929. The molecular weight excluding hydrogens is 328 g/mol. The van der Waals surface area contributed by atoms with E-state index in [0.717, 1.165) is 0 Å². The fourth-order valence-electron chi connectivity index (χ4n) is 2.50. The van der Waals surface area contributed by atoms with Crippen LogP contribution in [0.25, 0.3) is 11.2 Å². The number of H-pyrrole nitrogens is 1. The summed E-state index contributed by atoms with van der Waals surface area (Å²) in [7, 11) is 1.48. The second-order valence-electron chi connectivity index (χ2n) is 5.46. The Morgan fingerprint density at radius 1 is 1.36 bits per heavy atom. The molecule has 1 aromatic carbocycles. The molecule has 3 rings (SSSR count). The topological polar surface area (TPSA) is 140 Å². The zero-order chi connectivity index (χ0) is 18.0. The molecule has 2 heterocycles. The van der Waals surface area contributed by atoms with Crippen LogP contribution >= 0.6 is 0 Å². The number of aliphatic hydroxyl groups is 1. The lowest BCUT2D eigenvalue weighted by Crippen LogP contribution is -2.31. The van der Waals surface area contributed by atoms with E-state index in [1.807, 2.05) is 18.2 Å². The number of aromatic nitrogens is 4. The van der Waals surface area contributed by atoms with Gasteiger partial charge in [0.2, 0.25) is 5.95 Å². The molecule has 0 unspecified atom stereocenters. The molecule has 1 atom stereocenters. The Bertz CT molecular complexity index is 991. The Kier molecular flexibility index (Phi) is 4.55. The average molecular weight is 346 g/mol. The van der Waals surface area contributed by atoms with E-state index in [9.17, 15) is 14.7 Å². The first kappa shape index (κ1) is 16.7. The van der Waals surface area contributed by atoms with E-state index >= 15 is 0 Å². The number of hydrogen-bond acceptors (Lipinski definition) is 7. The summed E-state index contributed by atoms with van der Waals surface area (Å²) in [6, 6.07) is 9.04. The quantitative estimate of drug-likeness (QED) is 0.336. The predicted molar refractivity (Wildman–Crippen MR) is 91.3 cm³/mol. The Balaban J connectivity index is 1.89. The lowest BCUT2D eigenvalue weighted by Gasteiger charge is -2.15. The summed E-state index contributed by atoms with van der Waals surface area (Å²) < 4.78 is 8.10. The maximum absolute atomic E-state index is 12.2. The highest BCUT2D eigenvalue weighted by Crippen LogP contribution is 2.15. The number of hydrazine groups is 1. The number of rotatable bonds is 6. The smallest absolute Gasteiger partial charge is 0.329 e. The van der Waals surface area contributed by atoms with Crippen molar-refractivity contribution in [2.45, 2.75) is 12.6 Å². The number of para-hydroxylation sites is 1. The van der Waals surface area contributed by atoms with Crippen LogP contribution in [0.1, 0.15) is 0 Å². The van der Waals surface area contributed by atoms with Crippen LogP contribution in [0.2, 0.25) is 0 Å². The van der Waals surface area contributed by atoms with Gasteiger partial charge in [-0.15, -0.1) is 0 Å². The number of aliphatic hydroxyl groups excluding tert-OH is 1. The number of nitrogens with zero attached hydrogens (tertiary/aromatic N) is 3. The Morgan fingerprint density at radius 3 is 2.76 bits per heavy atom. The van der Waals surface area contributed by atoms with Gasteiger partial charge in [0.1, 0.15) is 18.5 Å². The highest BCUT2D eigenvalue weighted by atomic mass is 16.5. The number of ether oxygens (including phenoxy) is 1. The molecule has 0 saturated carbocycles. The molecule has 3 aromatic rings. The third-order valence-corrected chi connectivity index (χ3v) is 3.72. The summed E-state index contributed by atoms with van der Waals surface area (Å²) in [6.07, 6.45) is -0.929. The number of fused-ring (bicyclic) bond motifs is 1. The molecule has 10 heteroatoms. The summed E-state index contributed by atoms with van der Waals surface area (Å²) in [5.41, 5.74) is 1.48. The van der Waals surface area contributed by atoms with Crippen molar-refractivity contribution in [1.82, 2.24) is 19.1 Å². The van der Waals surface area contributed by atoms with Crippen LogP contribution < -0.4 is 27.3 Å². The fourth-order valence-corrected chi connectivity index (χ4v) is 2.50. The van der Waals surface area contributed by atoms with Gasteiger partial charge in [0, 0.05) is 7.05 Å². The SMILES string of the molecule is Cn1c(=O)[nH]c(=O)c2c1nc(NN)n2C[C@H](O)COc1ccccc1. The van der Waals surface area contributed by atoms with Gasteiger partial charge in [-0.1, -0.05) is 18.2 Å². The molecule has 0 saturated heterocycles. The molecule has 0 fully saturated rings. The van der Waals surface area contributed by atoms with E-state index in [-0.39, 0.29) is 30.3 Å². The van der Waals surface area contributed by atoms with E-state index in [1.54, 1.807) is 12.1 Å². The van der Waals surface area contributed by atoms with Crippen LogP contribution in [0.4, 0.5) is 5.95 Å². The zero-order valence-electron chi connectivity index (χ0n) is 13.5. The minimum absolute atomic E-state index is 0.00412. The van der Waals surface area contributed by atoms with Crippen LogP contribution in [-0.2, 0) is 13.6 Å². The number of anilines is 1. The first-order valence-electron chi connectivity index (χ1n) is 7.53. The van der Waals surface area contributed by atoms with Crippen molar-refractivity contribution in [2.24, 2.45) is 12.9 Å². The number of nitrogen functional groups attached to an aromatic ring is 1. The van der Waals surface area contributed by atoms with Crippen molar-refractivity contribution in [3.8, 4) is 5.75 Å². The molecule has 0 aliphatic carbocycles. The van der Waals surface area contributed by atoms with Gasteiger partial charge < -0.3 is 14.4 Å². The molecule has 0 bridgehead atoms. The molecule has 0 aliphatic rings. The van der Waals surface area contributed by atoms with Crippen molar-refractivity contribution in [1.29, 1.82) is 0 Å². The molecule has 25 heavy (non-hydrogen) atoms. The van der Waals surface area contributed by atoms with Crippen LogP contribution in [0.5, 0.6) is 5.75 Å². The number of imidazole rings is 1. The lowest BCUT2D eigenvalue weighted by molar-refractivity contribution is 0.0938. The molecule has 2 aromatic heterocycles. The molecule has 0 aliphatic heterocycles. The number of nitrogens with two attached hydrogens (primary N) is 1. The highest BCUT2D eigenvalue weighted by Gasteiger charge is 2.19. The van der Waals surface area contributed by atoms with Gasteiger partial charge in [-0.2, -0.15) is 4.98 Å². The lowest BCUT2D eigenvalue weighted by atomic mass is 10.3. The van der Waals surface area contributed by atoms with Gasteiger partial charge in [0.05, 0.1) is 6.54 Å². The van der Waals surface area contributed by atoms with Gasteiger partial charge in [-0.05, 0) is 12.1 Å². The minimum Gasteiger partial charge on any atom is -0.491 e. The fraction of sp³-hybridized carbons (Fsp3) is 0.267. The van der Waals surface area contributed by atoms with Gasteiger partial charge in [-0.25, -0.2) is 10.6 Å². The molecular formula is C15H18N6O4. The molecule has 0 radical (unpaired) electrons. The van der Waals surface area contributed by atoms with Gasteiger partial charge >= 0.3 is 5.69 Å². The average Bonchev–Trinajstić information content (AvgIpc) is 2.98. The van der Waals surface area contributed by atoms with E-state index in [0.29, 0.717) is 5.75 Å². The Morgan fingerprint density at radius 2 is 2.08 bits per heavy atom. The first-order valence-corrected chi connectivity index (χ1v) is 7.53. The number of nitrogens with one attached hydrogen (secondary N) is 2. The Labute approximate surface area is 141 Å². The number of hydrogen-bond donors (Lipinski definition) is 4. The summed E-state index contributed by atoms with van der Waals surface area (Å²) in [6.45, 7) is 0.0154. The van der Waals surface area contributed by atoms with Crippen molar-refractivity contribution < 1.29 is 9.84 Å². The van der Waals surface area contributed by atoms with E-state index in [2.05, 4.69) is 15.4 Å². The normalized spacial score (nSPS) is 12.3. The van der Waals surface area contributed by atoms with E-state index in [4.69, 9.17) is 10.6 Å². The third kappa shape index (κ3) is 3.25. The second kappa shape index (κ2) is 6.79. The van der Waals surface area contributed by atoms with Gasteiger partial charge in [0.25, 0.3) is 5.56 Å². The monoisotopic (exact) mass is 346 g/mol. The maximum Gasteiger partial charge on any atom is 0.329 e. The Hall–Kier alpha value is -3.11. The number of aromatic amines is 1.